The van der Waals surface area contributed by atoms with Crippen molar-refractivity contribution in [2.75, 3.05) is 6.61 Å². The maximum atomic E-state index is 10.8. The Balaban J connectivity index is 2.68. The van der Waals surface area contributed by atoms with Gasteiger partial charge in [0.25, 0.3) is 0 Å². The van der Waals surface area contributed by atoms with E-state index in [0.29, 0.717) is 18.4 Å². The maximum absolute atomic E-state index is 10.8. The lowest BCUT2D eigenvalue weighted by Gasteiger charge is -2.08. The first kappa shape index (κ1) is 12.8. The number of hydrogen-bond donors (Lipinski definition) is 1. The van der Waals surface area contributed by atoms with Crippen molar-refractivity contribution in [1.29, 1.82) is 0 Å². The zero-order valence-electron chi connectivity index (χ0n) is 9.24. The number of pyridine rings is 1. The molecular weight excluding hydrogens is 230 g/mol. The summed E-state index contributed by atoms with van der Waals surface area (Å²) < 4.78 is 5.33. The van der Waals surface area contributed by atoms with Crippen LogP contribution in [0, 0.1) is 5.92 Å². The molecule has 16 heavy (non-hydrogen) atoms. The smallest absolute Gasteiger partial charge is 0.356 e. The Morgan fingerprint density at radius 1 is 1.56 bits per heavy atom. The van der Waals surface area contributed by atoms with Gasteiger partial charge in [0, 0.05) is 6.07 Å². The lowest BCUT2D eigenvalue weighted by atomic mass is 10.1. The van der Waals surface area contributed by atoms with E-state index in [1.54, 1.807) is 6.07 Å². The highest BCUT2D eigenvalue weighted by molar-refractivity contribution is 6.33. The number of carboxylic acids is 1. The average Bonchev–Trinajstić information content (AvgIpc) is 2.19. The summed E-state index contributed by atoms with van der Waals surface area (Å²) in [6.45, 7) is 4.69. The van der Waals surface area contributed by atoms with E-state index >= 15 is 0 Å². The molecule has 1 heterocycles. The van der Waals surface area contributed by atoms with Gasteiger partial charge < -0.3 is 9.84 Å². The molecule has 0 unspecified atom stereocenters. The van der Waals surface area contributed by atoms with Crippen LogP contribution in [0.1, 0.15) is 30.8 Å². The van der Waals surface area contributed by atoms with Gasteiger partial charge in [-0.1, -0.05) is 25.4 Å². The maximum Gasteiger partial charge on any atom is 0.356 e. The topological polar surface area (TPSA) is 59.4 Å². The molecule has 0 saturated heterocycles. The summed E-state index contributed by atoms with van der Waals surface area (Å²) in [6, 6.07) is 3.04. The summed E-state index contributed by atoms with van der Waals surface area (Å²) in [6.07, 6.45) is 0.896. The van der Waals surface area contributed by atoms with Crippen molar-refractivity contribution in [1.82, 2.24) is 4.98 Å². The Kier molecular flexibility index (Phi) is 4.55. The molecular formula is C11H14ClNO3. The van der Waals surface area contributed by atoms with Crippen molar-refractivity contribution < 1.29 is 14.6 Å². The predicted molar refractivity (Wildman–Crippen MR) is 61.2 cm³/mol. The van der Waals surface area contributed by atoms with Crippen molar-refractivity contribution in [3.63, 3.8) is 0 Å². The molecule has 0 amide bonds. The minimum Gasteiger partial charge on any atom is -0.478 e. The fourth-order valence-electron chi connectivity index (χ4n) is 1.05. The predicted octanol–water partition coefficient (Wildman–Crippen LogP) is 2.86. The molecule has 88 valence electrons. The van der Waals surface area contributed by atoms with Gasteiger partial charge >= 0.3 is 5.97 Å². The van der Waals surface area contributed by atoms with Gasteiger partial charge in [-0.15, -0.1) is 0 Å². The fourth-order valence-corrected chi connectivity index (χ4v) is 1.24. The summed E-state index contributed by atoms with van der Waals surface area (Å²) in [5.74, 6) is -0.326. The van der Waals surface area contributed by atoms with Gasteiger partial charge in [-0.25, -0.2) is 9.78 Å². The molecule has 1 N–H and O–H groups in total. The van der Waals surface area contributed by atoms with E-state index < -0.39 is 5.97 Å². The number of aromatic carboxylic acids is 1. The highest BCUT2D eigenvalue weighted by Crippen LogP contribution is 2.18. The third-order valence-electron chi connectivity index (χ3n) is 1.97. The number of rotatable bonds is 5. The molecule has 0 bridgehead atoms. The minimum absolute atomic E-state index is 0.115. The average molecular weight is 244 g/mol. The number of aromatic nitrogens is 1. The molecule has 1 rings (SSSR count). The van der Waals surface area contributed by atoms with Crippen LogP contribution in [-0.2, 0) is 0 Å². The number of hydrogen-bond acceptors (Lipinski definition) is 3. The van der Waals surface area contributed by atoms with Crippen LogP contribution in [0.25, 0.3) is 0 Å². The number of halogens is 1. The molecule has 0 fully saturated rings. The standard InChI is InChI=1S/C11H14ClNO3/c1-7(2)5-6-16-9-4-3-8(12)10(13-9)11(14)15/h3-4,7H,5-6H2,1-2H3,(H,14,15). The van der Waals surface area contributed by atoms with Crippen LogP contribution < -0.4 is 4.74 Å². The van der Waals surface area contributed by atoms with Crippen LogP contribution in [0.2, 0.25) is 5.02 Å². The zero-order chi connectivity index (χ0) is 12.1. The lowest BCUT2D eigenvalue weighted by Crippen LogP contribution is -2.06. The summed E-state index contributed by atoms with van der Waals surface area (Å²) in [4.78, 5) is 14.6. The first-order valence-electron chi connectivity index (χ1n) is 5.03. The van der Waals surface area contributed by atoms with E-state index in [9.17, 15) is 4.79 Å². The molecule has 0 atom stereocenters. The monoisotopic (exact) mass is 243 g/mol. The first-order valence-corrected chi connectivity index (χ1v) is 5.41. The van der Waals surface area contributed by atoms with E-state index in [1.165, 1.54) is 6.07 Å². The van der Waals surface area contributed by atoms with Crippen molar-refractivity contribution in [2.24, 2.45) is 5.92 Å². The van der Waals surface area contributed by atoms with Gasteiger partial charge in [0.15, 0.2) is 5.69 Å². The van der Waals surface area contributed by atoms with Crippen LogP contribution in [-0.4, -0.2) is 22.7 Å². The van der Waals surface area contributed by atoms with E-state index in [2.05, 4.69) is 18.8 Å². The molecule has 0 saturated carbocycles. The molecule has 0 aliphatic carbocycles. The van der Waals surface area contributed by atoms with Crippen molar-refractivity contribution in [2.45, 2.75) is 20.3 Å². The van der Waals surface area contributed by atoms with Crippen LogP contribution in [0.5, 0.6) is 5.88 Å². The van der Waals surface area contributed by atoms with Gasteiger partial charge in [-0.3, -0.25) is 0 Å². The summed E-state index contributed by atoms with van der Waals surface area (Å²) in [7, 11) is 0. The number of carboxylic acid groups (broad SMARTS) is 1. The van der Waals surface area contributed by atoms with Crippen molar-refractivity contribution in [3.05, 3.63) is 22.8 Å². The molecule has 0 spiro atoms. The molecule has 1 aromatic rings. The quantitative estimate of drug-likeness (QED) is 0.864. The van der Waals surface area contributed by atoms with E-state index in [4.69, 9.17) is 21.4 Å². The largest absolute Gasteiger partial charge is 0.478 e. The zero-order valence-corrected chi connectivity index (χ0v) is 9.99. The summed E-state index contributed by atoms with van der Waals surface area (Å²) >= 11 is 5.68. The normalized spacial score (nSPS) is 10.5. The third kappa shape index (κ3) is 3.70. The van der Waals surface area contributed by atoms with Crippen molar-refractivity contribution >= 4 is 17.6 Å². The van der Waals surface area contributed by atoms with Crippen LogP contribution in [0.15, 0.2) is 12.1 Å². The Labute approximate surface area is 99.2 Å². The van der Waals surface area contributed by atoms with Crippen molar-refractivity contribution in [3.8, 4) is 5.88 Å². The molecule has 5 heteroatoms. The highest BCUT2D eigenvalue weighted by atomic mass is 35.5. The van der Waals surface area contributed by atoms with E-state index in [0.717, 1.165) is 6.42 Å². The number of carbonyl (C=O) groups is 1. The van der Waals surface area contributed by atoms with E-state index in [1.807, 2.05) is 0 Å². The Morgan fingerprint density at radius 2 is 2.25 bits per heavy atom. The third-order valence-corrected chi connectivity index (χ3v) is 2.27. The van der Waals surface area contributed by atoms with Crippen LogP contribution in [0.3, 0.4) is 0 Å². The highest BCUT2D eigenvalue weighted by Gasteiger charge is 2.11. The molecule has 0 aliphatic rings. The Morgan fingerprint density at radius 3 is 2.81 bits per heavy atom. The Bertz CT molecular complexity index is 379. The molecule has 1 aromatic heterocycles. The SMILES string of the molecule is CC(C)CCOc1ccc(Cl)c(C(=O)O)n1. The molecule has 0 aliphatic heterocycles. The van der Waals surface area contributed by atoms with Gasteiger partial charge in [-0.05, 0) is 18.4 Å². The van der Waals surface area contributed by atoms with Gasteiger partial charge in [-0.2, -0.15) is 0 Å². The second kappa shape index (κ2) is 5.70. The molecule has 4 nitrogen and oxygen atoms in total. The fraction of sp³-hybridized carbons (Fsp3) is 0.455. The minimum atomic E-state index is -1.15. The number of nitrogens with zero attached hydrogens (tertiary/aromatic N) is 1. The number of ether oxygens (including phenoxy) is 1. The van der Waals surface area contributed by atoms with Gasteiger partial charge in [0.05, 0.1) is 11.6 Å². The van der Waals surface area contributed by atoms with Gasteiger partial charge in [0.1, 0.15) is 0 Å². The van der Waals surface area contributed by atoms with Crippen LogP contribution in [0.4, 0.5) is 0 Å². The first-order chi connectivity index (χ1) is 7.50. The van der Waals surface area contributed by atoms with E-state index in [-0.39, 0.29) is 10.7 Å². The van der Waals surface area contributed by atoms with Crippen LogP contribution >= 0.6 is 11.6 Å². The van der Waals surface area contributed by atoms with Gasteiger partial charge in [0.2, 0.25) is 5.88 Å². The second-order valence-corrected chi connectivity index (χ2v) is 4.22. The molecule has 0 aromatic carbocycles. The Hall–Kier alpha value is -1.29. The summed E-state index contributed by atoms with van der Waals surface area (Å²) in [5, 5.41) is 8.92. The summed E-state index contributed by atoms with van der Waals surface area (Å²) in [5.41, 5.74) is -0.177. The second-order valence-electron chi connectivity index (χ2n) is 3.82. The molecule has 0 radical (unpaired) electrons. The lowest BCUT2D eigenvalue weighted by molar-refractivity contribution is 0.0689.